The first-order chi connectivity index (χ1) is 28.3. The van der Waals surface area contributed by atoms with Gasteiger partial charge in [-0.25, -0.2) is 0 Å². The molecule has 0 saturated heterocycles. The first-order valence-electron chi connectivity index (χ1n) is 19.6. The maximum atomic E-state index is 6.58. The van der Waals surface area contributed by atoms with Gasteiger partial charge in [0.15, 0.2) is 0 Å². The molecule has 1 aliphatic heterocycles. The van der Waals surface area contributed by atoms with Gasteiger partial charge in [-0.2, -0.15) is 0 Å². The first-order valence-corrected chi connectivity index (χ1v) is 19.6. The molecular weight excluding hydrogens is 691 g/mol. The molecule has 0 aromatic heterocycles. The molecule has 11 rings (SSSR count). The average Bonchev–Trinajstić information content (AvgIpc) is 3.58. The van der Waals surface area contributed by atoms with Crippen LogP contribution in [0.5, 0.6) is 11.5 Å². The molecule has 2 aliphatic rings. The van der Waals surface area contributed by atoms with Gasteiger partial charge in [0.25, 0.3) is 0 Å². The van der Waals surface area contributed by atoms with Gasteiger partial charge in [0.05, 0.1) is 11.1 Å². The van der Waals surface area contributed by atoms with Crippen LogP contribution >= 0.6 is 0 Å². The molecule has 0 unspecified atom stereocenters. The second-order valence-corrected chi connectivity index (χ2v) is 14.8. The first kappa shape index (κ1) is 33.0. The van der Waals surface area contributed by atoms with E-state index in [0.717, 1.165) is 34.1 Å². The summed E-state index contributed by atoms with van der Waals surface area (Å²) in [5.74, 6) is 1.81. The molecule has 57 heavy (non-hydrogen) atoms. The highest BCUT2D eigenvalue weighted by Gasteiger charge is 2.51. The smallest absolute Gasteiger partial charge is 0.132 e. The SMILES string of the molecule is c1ccc(-c2ccc(N(c3ccc(-c4ccc5c(c4)C4(c6ccccc6Oc6ccccc64)c4ccccc4-5)cc3)c3ccccc3-c3ccccc3)cc2)cc1. The van der Waals surface area contributed by atoms with Gasteiger partial charge >= 0.3 is 0 Å². The van der Waals surface area contributed by atoms with E-state index in [0.29, 0.717) is 0 Å². The number of para-hydroxylation sites is 3. The Morgan fingerprint density at radius 2 is 0.737 bits per heavy atom. The molecule has 2 heteroatoms. The number of nitrogens with zero attached hydrogens (tertiary/aromatic N) is 1. The van der Waals surface area contributed by atoms with E-state index in [9.17, 15) is 0 Å². The molecule has 0 radical (unpaired) electrons. The van der Waals surface area contributed by atoms with Crippen molar-refractivity contribution in [3.8, 4) is 56.0 Å². The fourth-order valence-corrected chi connectivity index (χ4v) is 9.23. The lowest BCUT2D eigenvalue weighted by atomic mass is 9.66. The molecule has 0 N–H and O–H groups in total. The molecule has 0 saturated carbocycles. The van der Waals surface area contributed by atoms with Gasteiger partial charge in [0.2, 0.25) is 0 Å². The van der Waals surface area contributed by atoms with E-state index in [2.05, 4.69) is 229 Å². The Kier molecular flexibility index (Phi) is 7.75. The van der Waals surface area contributed by atoms with Crippen molar-refractivity contribution in [3.63, 3.8) is 0 Å². The van der Waals surface area contributed by atoms with Gasteiger partial charge in [-0.05, 0) is 98.6 Å². The minimum absolute atomic E-state index is 0.503. The van der Waals surface area contributed by atoms with E-state index in [-0.39, 0.29) is 0 Å². The van der Waals surface area contributed by atoms with Gasteiger partial charge in [-0.3, -0.25) is 0 Å². The van der Waals surface area contributed by atoms with E-state index in [1.807, 2.05) is 0 Å². The zero-order valence-electron chi connectivity index (χ0n) is 31.2. The van der Waals surface area contributed by atoms with Crippen LogP contribution in [0, 0.1) is 0 Å². The molecule has 9 aromatic rings. The molecule has 0 bridgehead atoms. The summed E-state index contributed by atoms with van der Waals surface area (Å²) >= 11 is 0. The van der Waals surface area contributed by atoms with Gasteiger partial charge in [0.1, 0.15) is 11.5 Å². The van der Waals surface area contributed by atoms with E-state index >= 15 is 0 Å². The minimum atomic E-state index is -0.503. The summed E-state index contributed by atoms with van der Waals surface area (Å²) in [4.78, 5) is 2.38. The van der Waals surface area contributed by atoms with Crippen LogP contribution in [0.2, 0.25) is 0 Å². The Labute approximate surface area is 333 Å². The van der Waals surface area contributed by atoms with Crippen molar-refractivity contribution >= 4 is 17.1 Å². The average molecular weight is 728 g/mol. The Morgan fingerprint density at radius 3 is 1.37 bits per heavy atom. The molecule has 268 valence electrons. The molecule has 1 heterocycles. The molecule has 2 nitrogen and oxygen atoms in total. The fourth-order valence-electron chi connectivity index (χ4n) is 9.23. The number of hydrogen-bond donors (Lipinski definition) is 0. The summed E-state index contributed by atoms with van der Waals surface area (Å²) in [6.45, 7) is 0. The van der Waals surface area contributed by atoms with Crippen molar-refractivity contribution in [3.05, 3.63) is 247 Å². The van der Waals surface area contributed by atoms with Crippen molar-refractivity contribution < 1.29 is 4.74 Å². The monoisotopic (exact) mass is 727 g/mol. The van der Waals surface area contributed by atoms with Crippen molar-refractivity contribution in [2.75, 3.05) is 4.90 Å². The van der Waals surface area contributed by atoms with Crippen LogP contribution in [0.15, 0.2) is 224 Å². The lowest BCUT2D eigenvalue weighted by Gasteiger charge is -2.39. The zero-order valence-corrected chi connectivity index (χ0v) is 31.2. The number of ether oxygens (including phenoxy) is 1. The van der Waals surface area contributed by atoms with Crippen LogP contribution in [0.1, 0.15) is 22.3 Å². The molecule has 0 amide bonds. The van der Waals surface area contributed by atoms with Crippen molar-refractivity contribution in [1.82, 2.24) is 0 Å². The summed E-state index contributed by atoms with van der Waals surface area (Å²) in [5.41, 5.74) is 17.4. The van der Waals surface area contributed by atoms with Crippen LogP contribution < -0.4 is 9.64 Å². The van der Waals surface area contributed by atoms with Crippen LogP contribution in [-0.2, 0) is 5.41 Å². The molecule has 1 aliphatic carbocycles. The third-order valence-electron chi connectivity index (χ3n) is 11.8. The van der Waals surface area contributed by atoms with Crippen molar-refractivity contribution in [2.45, 2.75) is 5.41 Å². The third-order valence-corrected chi connectivity index (χ3v) is 11.8. The second-order valence-electron chi connectivity index (χ2n) is 14.8. The fraction of sp³-hybridized carbons (Fsp3) is 0.0182. The van der Waals surface area contributed by atoms with Gasteiger partial charge in [0, 0.05) is 28.1 Å². The van der Waals surface area contributed by atoms with Crippen molar-refractivity contribution in [2.24, 2.45) is 0 Å². The van der Waals surface area contributed by atoms with E-state index < -0.39 is 5.41 Å². The van der Waals surface area contributed by atoms with Crippen LogP contribution in [-0.4, -0.2) is 0 Å². The number of hydrogen-bond acceptors (Lipinski definition) is 2. The highest BCUT2D eigenvalue weighted by Crippen LogP contribution is 2.62. The lowest BCUT2D eigenvalue weighted by molar-refractivity contribution is 0.436. The largest absolute Gasteiger partial charge is 0.457 e. The normalized spacial score (nSPS) is 12.8. The van der Waals surface area contributed by atoms with Crippen LogP contribution in [0.4, 0.5) is 17.1 Å². The van der Waals surface area contributed by atoms with Crippen LogP contribution in [0.3, 0.4) is 0 Å². The predicted octanol–water partition coefficient (Wildman–Crippen LogP) is 14.6. The molecular formula is C55H37NO. The summed E-state index contributed by atoms with van der Waals surface area (Å²) in [6, 6.07) is 81.0. The summed E-state index contributed by atoms with van der Waals surface area (Å²) in [6.07, 6.45) is 0. The standard InChI is InChI=1S/C55H37NO/c1-3-15-38(16-4-1)39-27-32-43(33-28-39)56(52-24-12-8-19-45(52)41-17-5-2-6-18-41)44-34-29-40(30-35-44)42-31-36-47-46-20-7-9-21-48(46)55(51(47)37-42)49-22-10-13-25-53(49)57-54-26-14-11-23-50(54)55/h1-37H. The lowest BCUT2D eigenvalue weighted by Crippen LogP contribution is -2.32. The van der Waals surface area contributed by atoms with E-state index in [4.69, 9.17) is 4.74 Å². The summed E-state index contributed by atoms with van der Waals surface area (Å²) < 4.78 is 6.58. The number of fused-ring (bicyclic) bond motifs is 9. The number of anilines is 3. The Morgan fingerprint density at radius 1 is 0.298 bits per heavy atom. The van der Waals surface area contributed by atoms with Gasteiger partial charge < -0.3 is 9.64 Å². The zero-order chi connectivity index (χ0) is 37.8. The number of rotatable bonds is 6. The summed E-state index contributed by atoms with van der Waals surface area (Å²) in [7, 11) is 0. The molecule has 0 atom stereocenters. The van der Waals surface area contributed by atoms with E-state index in [1.54, 1.807) is 0 Å². The third kappa shape index (κ3) is 5.26. The highest BCUT2D eigenvalue weighted by atomic mass is 16.5. The van der Waals surface area contributed by atoms with E-state index in [1.165, 1.54) is 61.2 Å². The number of benzene rings is 9. The maximum absolute atomic E-state index is 6.58. The minimum Gasteiger partial charge on any atom is -0.457 e. The molecule has 1 spiro atoms. The topological polar surface area (TPSA) is 12.5 Å². The van der Waals surface area contributed by atoms with Crippen molar-refractivity contribution in [1.29, 1.82) is 0 Å². The summed E-state index contributed by atoms with van der Waals surface area (Å²) in [5, 5.41) is 0. The Balaban J connectivity index is 1.05. The quantitative estimate of drug-likeness (QED) is 0.169. The van der Waals surface area contributed by atoms with Gasteiger partial charge in [-0.1, -0.05) is 176 Å². The maximum Gasteiger partial charge on any atom is 0.132 e. The Bertz CT molecular complexity index is 2870. The molecule has 9 aromatic carbocycles. The molecule has 0 fully saturated rings. The van der Waals surface area contributed by atoms with Crippen LogP contribution in [0.25, 0.3) is 44.5 Å². The highest BCUT2D eigenvalue weighted by molar-refractivity contribution is 5.92. The second kappa shape index (κ2) is 13.4. The van der Waals surface area contributed by atoms with Gasteiger partial charge in [-0.15, -0.1) is 0 Å². The Hall–Kier alpha value is -7.42. The predicted molar refractivity (Wildman–Crippen MR) is 235 cm³/mol.